The highest BCUT2D eigenvalue weighted by Gasteiger charge is 1.92. The number of hydrogen-bond donors (Lipinski definition) is 0. The van der Waals surface area contributed by atoms with Crippen LogP contribution in [0.3, 0.4) is 0 Å². The summed E-state index contributed by atoms with van der Waals surface area (Å²) in [7, 11) is 0. The van der Waals surface area contributed by atoms with Crippen LogP contribution in [0.2, 0.25) is 0 Å². The molecule has 0 atom stereocenters. The predicted octanol–water partition coefficient (Wildman–Crippen LogP) is 3.14. The summed E-state index contributed by atoms with van der Waals surface area (Å²) in [6.07, 6.45) is 0.572. The summed E-state index contributed by atoms with van der Waals surface area (Å²) in [5.74, 6) is 6.75. The van der Waals surface area contributed by atoms with Gasteiger partial charge in [0.15, 0.2) is 0 Å². The number of ether oxygens (including phenoxy) is 1. The molecule has 1 aromatic rings. The van der Waals surface area contributed by atoms with Gasteiger partial charge in [-0.2, -0.15) is 0 Å². The molecular formula is C12H13N3O. The van der Waals surface area contributed by atoms with Crippen molar-refractivity contribution in [3.63, 3.8) is 0 Å². The molecular weight excluding hydrogens is 202 g/mol. The number of rotatable bonds is 4. The van der Waals surface area contributed by atoms with E-state index in [4.69, 9.17) is 10.3 Å². The molecule has 0 radical (unpaired) electrons. The molecule has 0 aliphatic rings. The predicted molar refractivity (Wildman–Crippen MR) is 63.1 cm³/mol. The zero-order valence-electron chi connectivity index (χ0n) is 9.18. The van der Waals surface area contributed by atoms with Gasteiger partial charge in [-0.25, -0.2) is 0 Å². The van der Waals surface area contributed by atoms with E-state index in [0.717, 1.165) is 11.3 Å². The Morgan fingerprint density at radius 2 is 2.38 bits per heavy atom. The highest BCUT2D eigenvalue weighted by atomic mass is 16.5. The molecule has 0 aliphatic carbocycles. The summed E-state index contributed by atoms with van der Waals surface area (Å²) < 4.78 is 5.36. The minimum atomic E-state index is 0.411. The molecule has 1 rings (SSSR count). The van der Waals surface area contributed by atoms with Crippen molar-refractivity contribution >= 4 is 0 Å². The molecule has 0 aromatic heterocycles. The third kappa shape index (κ3) is 4.41. The standard InChI is InChI=1S/C12H13N3O/c1-2-16-12-8-5-7-11(10-12)6-3-4-9-14-15-13/h5,7-8,10H,2,4,9H2,1H3. The van der Waals surface area contributed by atoms with Crippen LogP contribution in [-0.2, 0) is 0 Å². The number of nitrogens with zero attached hydrogens (tertiary/aromatic N) is 3. The van der Waals surface area contributed by atoms with Crippen molar-refractivity contribution in [2.45, 2.75) is 13.3 Å². The second kappa shape index (κ2) is 7.22. The Labute approximate surface area is 94.9 Å². The number of benzene rings is 1. The van der Waals surface area contributed by atoms with Gasteiger partial charge in [0, 0.05) is 23.4 Å². The molecule has 1 aromatic carbocycles. The van der Waals surface area contributed by atoms with Gasteiger partial charge in [-0.15, -0.1) is 0 Å². The van der Waals surface area contributed by atoms with Crippen molar-refractivity contribution in [3.05, 3.63) is 40.3 Å². The van der Waals surface area contributed by atoms with Crippen LogP contribution in [-0.4, -0.2) is 13.2 Å². The molecule has 4 heteroatoms. The van der Waals surface area contributed by atoms with Crippen molar-refractivity contribution in [1.82, 2.24) is 0 Å². The zero-order chi connectivity index (χ0) is 11.6. The summed E-state index contributed by atoms with van der Waals surface area (Å²) in [5, 5.41) is 3.40. The van der Waals surface area contributed by atoms with E-state index in [1.165, 1.54) is 0 Å². The third-order valence-corrected chi connectivity index (χ3v) is 1.78. The maximum Gasteiger partial charge on any atom is 0.120 e. The van der Waals surface area contributed by atoms with E-state index in [9.17, 15) is 0 Å². The Bertz CT molecular complexity index is 439. The van der Waals surface area contributed by atoms with Crippen LogP contribution in [0, 0.1) is 11.8 Å². The van der Waals surface area contributed by atoms with Gasteiger partial charge in [-0.05, 0) is 30.7 Å². The molecule has 0 spiro atoms. The van der Waals surface area contributed by atoms with Gasteiger partial charge >= 0.3 is 0 Å². The van der Waals surface area contributed by atoms with Crippen LogP contribution in [0.5, 0.6) is 5.75 Å². The van der Waals surface area contributed by atoms with Gasteiger partial charge in [0.25, 0.3) is 0 Å². The van der Waals surface area contributed by atoms with E-state index in [1.54, 1.807) is 0 Å². The van der Waals surface area contributed by atoms with Gasteiger partial charge in [0.05, 0.1) is 6.61 Å². The first-order chi connectivity index (χ1) is 7.86. The van der Waals surface area contributed by atoms with E-state index < -0.39 is 0 Å². The van der Waals surface area contributed by atoms with Crippen molar-refractivity contribution in [3.8, 4) is 17.6 Å². The largest absolute Gasteiger partial charge is 0.494 e. The van der Waals surface area contributed by atoms with Crippen LogP contribution in [0.1, 0.15) is 18.9 Å². The molecule has 4 nitrogen and oxygen atoms in total. The van der Waals surface area contributed by atoms with Crippen LogP contribution < -0.4 is 4.74 Å². The topological polar surface area (TPSA) is 58.0 Å². The molecule has 0 bridgehead atoms. The summed E-state index contributed by atoms with van der Waals surface area (Å²) >= 11 is 0. The van der Waals surface area contributed by atoms with Crippen LogP contribution in [0.25, 0.3) is 10.4 Å². The minimum absolute atomic E-state index is 0.411. The van der Waals surface area contributed by atoms with Crippen molar-refractivity contribution in [2.75, 3.05) is 13.2 Å². The molecule has 0 saturated carbocycles. The normalized spacial score (nSPS) is 8.56. The van der Waals surface area contributed by atoms with Crippen molar-refractivity contribution in [2.24, 2.45) is 5.11 Å². The van der Waals surface area contributed by atoms with Gasteiger partial charge in [0.1, 0.15) is 5.75 Å². The van der Waals surface area contributed by atoms with Gasteiger partial charge in [-0.3, -0.25) is 0 Å². The molecule has 0 aliphatic heterocycles. The molecule has 0 heterocycles. The smallest absolute Gasteiger partial charge is 0.120 e. The van der Waals surface area contributed by atoms with E-state index in [0.29, 0.717) is 19.6 Å². The lowest BCUT2D eigenvalue weighted by atomic mass is 10.2. The highest BCUT2D eigenvalue weighted by molar-refractivity contribution is 5.39. The van der Waals surface area contributed by atoms with E-state index in [2.05, 4.69) is 21.9 Å². The maximum absolute atomic E-state index is 8.07. The van der Waals surface area contributed by atoms with Crippen LogP contribution in [0.15, 0.2) is 29.4 Å². The monoisotopic (exact) mass is 215 g/mol. The molecule has 16 heavy (non-hydrogen) atoms. The highest BCUT2D eigenvalue weighted by Crippen LogP contribution is 2.12. The fourth-order valence-corrected chi connectivity index (χ4v) is 1.15. The fraction of sp³-hybridized carbons (Fsp3) is 0.333. The van der Waals surface area contributed by atoms with Crippen molar-refractivity contribution in [1.29, 1.82) is 0 Å². The number of hydrogen-bond acceptors (Lipinski definition) is 2. The molecule has 0 unspecified atom stereocenters. The Kier molecular flexibility index (Phi) is 5.40. The Morgan fingerprint density at radius 1 is 1.50 bits per heavy atom. The summed E-state index contributed by atoms with van der Waals surface area (Å²) in [4.78, 5) is 2.66. The zero-order valence-corrected chi connectivity index (χ0v) is 9.18. The average molecular weight is 215 g/mol. The van der Waals surface area contributed by atoms with E-state index >= 15 is 0 Å². The quantitative estimate of drug-likeness (QED) is 0.250. The van der Waals surface area contributed by atoms with Crippen LogP contribution in [0.4, 0.5) is 0 Å². The Morgan fingerprint density at radius 3 is 3.12 bits per heavy atom. The molecule has 0 amide bonds. The maximum atomic E-state index is 8.07. The second-order valence-corrected chi connectivity index (χ2v) is 2.97. The number of azide groups is 1. The van der Waals surface area contributed by atoms with E-state index in [1.807, 2.05) is 31.2 Å². The minimum Gasteiger partial charge on any atom is -0.494 e. The molecule has 0 saturated heterocycles. The van der Waals surface area contributed by atoms with Gasteiger partial charge in [0.2, 0.25) is 0 Å². The second-order valence-electron chi connectivity index (χ2n) is 2.97. The van der Waals surface area contributed by atoms with Crippen LogP contribution >= 0.6 is 0 Å². The fourth-order valence-electron chi connectivity index (χ4n) is 1.15. The Hall–Kier alpha value is -2.11. The summed E-state index contributed by atoms with van der Waals surface area (Å²) in [6, 6.07) is 7.62. The Balaban J connectivity index is 2.58. The molecule has 82 valence electrons. The summed E-state index contributed by atoms with van der Waals surface area (Å²) in [5.41, 5.74) is 8.98. The lowest BCUT2D eigenvalue weighted by molar-refractivity contribution is 0.340. The SMILES string of the molecule is CCOc1cccc(C#CCCN=[N+]=[N-])c1. The first kappa shape index (κ1) is 12.0. The molecule has 0 N–H and O–H groups in total. The summed E-state index contributed by atoms with van der Waals surface area (Å²) in [6.45, 7) is 3.00. The molecule has 0 fully saturated rings. The lowest BCUT2D eigenvalue weighted by Crippen LogP contribution is -1.91. The third-order valence-electron chi connectivity index (χ3n) is 1.78. The first-order valence-corrected chi connectivity index (χ1v) is 5.09. The van der Waals surface area contributed by atoms with Crippen molar-refractivity contribution < 1.29 is 4.74 Å². The lowest BCUT2D eigenvalue weighted by Gasteiger charge is -2.01. The van der Waals surface area contributed by atoms with E-state index in [-0.39, 0.29) is 0 Å². The van der Waals surface area contributed by atoms with Gasteiger partial charge < -0.3 is 4.74 Å². The van der Waals surface area contributed by atoms with Gasteiger partial charge in [-0.1, -0.05) is 23.0 Å². The first-order valence-electron chi connectivity index (χ1n) is 5.09. The average Bonchev–Trinajstić information content (AvgIpc) is 2.30.